The van der Waals surface area contributed by atoms with Crippen molar-refractivity contribution in [3.8, 4) is 5.75 Å². The van der Waals surface area contributed by atoms with E-state index < -0.39 is 0 Å². The molecule has 0 saturated carbocycles. The summed E-state index contributed by atoms with van der Waals surface area (Å²) in [7, 11) is 1.74. The highest BCUT2D eigenvalue weighted by Gasteiger charge is 2.21. The first-order valence-electron chi connectivity index (χ1n) is 6.88. The van der Waals surface area contributed by atoms with E-state index in [1.807, 2.05) is 12.1 Å². The maximum absolute atomic E-state index is 5.44. The lowest BCUT2D eigenvalue weighted by Crippen LogP contribution is -2.49. The second kappa shape index (κ2) is 6.10. The van der Waals surface area contributed by atoms with Gasteiger partial charge in [-0.05, 0) is 25.5 Å². The molecule has 0 spiro atoms. The van der Waals surface area contributed by atoms with Crippen molar-refractivity contribution in [2.45, 2.75) is 26.3 Å². The Kier molecular flexibility index (Phi) is 4.48. The summed E-state index contributed by atoms with van der Waals surface area (Å²) >= 11 is 0. The number of anilines is 1. The summed E-state index contributed by atoms with van der Waals surface area (Å²) in [5.74, 6) is 0.981. The van der Waals surface area contributed by atoms with Crippen molar-refractivity contribution in [2.24, 2.45) is 0 Å². The van der Waals surface area contributed by atoms with Gasteiger partial charge in [-0.2, -0.15) is 0 Å². The van der Waals surface area contributed by atoms with E-state index in [-0.39, 0.29) is 0 Å². The van der Waals surface area contributed by atoms with Gasteiger partial charge < -0.3 is 9.64 Å². The van der Waals surface area contributed by atoms with Gasteiger partial charge in [0.1, 0.15) is 5.75 Å². The number of benzene rings is 1. The molecule has 0 aromatic heterocycles. The maximum atomic E-state index is 5.44. The third-order valence-electron chi connectivity index (χ3n) is 3.95. The highest BCUT2D eigenvalue weighted by Crippen LogP contribution is 2.28. The first-order chi connectivity index (χ1) is 8.76. The molecule has 1 heterocycles. The van der Waals surface area contributed by atoms with Crippen LogP contribution in [0.15, 0.2) is 24.3 Å². The van der Waals surface area contributed by atoms with Crippen LogP contribution in [0.5, 0.6) is 5.75 Å². The Labute approximate surface area is 110 Å². The van der Waals surface area contributed by atoms with Gasteiger partial charge in [0, 0.05) is 32.2 Å². The van der Waals surface area contributed by atoms with Crippen LogP contribution in [0.1, 0.15) is 20.3 Å². The molecule has 100 valence electrons. The predicted molar refractivity (Wildman–Crippen MR) is 76.5 cm³/mol. The van der Waals surface area contributed by atoms with E-state index in [1.165, 1.54) is 12.1 Å². The van der Waals surface area contributed by atoms with Crippen molar-refractivity contribution in [3.63, 3.8) is 0 Å². The number of piperazine rings is 1. The molecule has 3 heteroatoms. The van der Waals surface area contributed by atoms with E-state index in [2.05, 4.69) is 35.8 Å². The summed E-state index contributed by atoms with van der Waals surface area (Å²) in [4.78, 5) is 5.00. The van der Waals surface area contributed by atoms with E-state index in [4.69, 9.17) is 4.74 Å². The van der Waals surface area contributed by atoms with Gasteiger partial charge >= 0.3 is 0 Å². The molecule has 1 saturated heterocycles. The van der Waals surface area contributed by atoms with Crippen LogP contribution in [0.4, 0.5) is 5.69 Å². The highest BCUT2D eigenvalue weighted by atomic mass is 16.5. The largest absolute Gasteiger partial charge is 0.495 e. The summed E-state index contributed by atoms with van der Waals surface area (Å²) in [6, 6.07) is 9.00. The Morgan fingerprint density at radius 3 is 2.44 bits per heavy atom. The molecule has 1 aromatic carbocycles. The standard InChI is InChI=1S/C15H24N2O/c1-4-13(2)16-9-11-17(12-10-16)14-7-5-6-8-15(14)18-3/h5-8,13H,4,9-12H2,1-3H3. The molecule has 1 unspecified atom stereocenters. The van der Waals surface area contributed by atoms with Crippen LogP contribution in [0, 0.1) is 0 Å². The predicted octanol–water partition coefficient (Wildman–Crippen LogP) is 2.62. The van der Waals surface area contributed by atoms with Crippen LogP contribution in [-0.2, 0) is 0 Å². The van der Waals surface area contributed by atoms with Crippen LogP contribution < -0.4 is 9.64 Å². The van der Waals surface area contributed by atoms with Gasteiger partial charge in [-0.15, -0.1) is 0 Å². The van der Waals surface area contributed by atoms with Crippen LogP contribution in [-0.4, -0.2) is 44.2 Å². The lowest BCUT2D eigenvalue weighted by Gasteiger charge is -2.39. The summed E-state index contributed by atoms with van der Waals surface area (Å²) in [6.07, 6.45) is 1.23. The maximum Gasteiger partial charge on any atom is 0.142 e. The second-order valence-electron chi connectivity index (χ2n) is 4.95. The van der Waals surface area contributed by atoms with Gasteiger partial charge in [0.25, 0.3) is 0 Å². The average molecular weight is 248 g/mol. The second-order valence-corrected chi connectivity index (χ2v) is 4.95. The summed E-state index contributed by atoms with van der Waals surface area (Å²) in [5, 5.41) is 0. The van der Waals surface area contributed by atoms with Crippen molar-refractivity contribution in [1.29, 1.82) is 0 Å². The zero-order valence-corrected chi connectivity index (χ0v) is 11.7. The lowest BCUT2D eigenvalue weighted by atomic mass is 10.1. The topological polar surface area (TPSA) is 15.7 Å². The molecule has 18 heavy (non-hydrogen) atoms. The monoisotopic (exact) mass is 248 g/mol. The first kappa shape index (κ1) is 13.2. The third kappa shape index (κ3) is 2.78. The fourth-order valence-electron chi connectivity index (χ4n) is 2.55. The van der Waals surface area contributed by atoms with Crippen LogP contribution in [0.25, 0.3) is 0 Å². The Morgan fingerprint density at radius 2 is 1.83 bits per heavy atom. The molecule has 1 atom stereocenters. The zero-order valence-electron chi connectivity index (χ0n) is 11.7. The minimum Gasteiger partial charge on any atom is -0.495 e. The molecule has 1 aromatic rings. The van der Waals surface area contributed by atoms with Crippen LogP contribution >= 0.6 is 0 Å². The smallest absolute Gasteiger partial charge is 0.142 e. The normalized spacial score (nSPS) is 18.7. The quantitative estimate of drug-likeness (QED) is 0.814. The van der Waals surface area contributed by atoms with Crippen molar-refractivity contribution in [1.82, 2.24) is 4.90 Å². The molecule has 0 amide bonds. The molecule has 0 radical (unpaired) electrons. The lowest BCUT2D eigenvalue weighted by molar-refractivity contribution is 0.192. The van der Waals surface area contributed by atoms with Gasteiger partial charge in [-0.3, -0.25) is 4.90 Å². The number of methoxy groups -OCH3 is 1. The fraction of sp³-hybridized carbons (Fsp3) is 0.600. The Hall–Kier alpha value is -1.22. The molecule has 0 aliphatic carbocycles. The Morgan fingerprint density at radius 1 is 1.17 bits per heavy atom. The molecule has 1 aliphatic heterocycles. The van der Waals surface area contributed by atoms with Crippen LogP contribution in [0.3, 0.4) is 0 Å². The van der Waals surface area contributed by atoms with E-state index in [9.17, 15) is 0 Å². The minimum absolute atomic E-state index is 0.699. The highest BCUT2D eigenvalue weighted by molar-refractivity contribution is 5.58. The first-order valence-corrected chi connectivity index (χ1v) is 6.88. The van der Waals surface area contributed by atoms with E-state index in [1.54, 1.807) is 7.11 Å². The van der Waals surface area contributed by atoms with E-state index in [0.717, 1.165) is 31.9 Å². The van der Waals surface area contributed by atoms with Crippen molar-refractivity contribution in [3.05, 3.63) is 24.3 Å². The van der Waals surface area contributed by atoms with Crippen molar-refractivity contribution in [2.75, 3.05) is 38.2 Å². The molecule has 0 bridgehead atoms. The average Bonchev–Trinajstić information content (AvgIpc) is 2.46. The molecule has 1 aliphatic rings. The Balaban J connectivity index is 2.01. The van der Waals surface area contributed by atoms with E-state index >= 15 is 0 Å². The van der Waals surface area contributed by atoms with Gasteiger partial charge in [0.05, 0.1) is 12.8 Å². The van der Waals surface area contributed by atoms with Gasteiger partial charge in [-0.25, -0.2) is 0 Å². The van der Waals surface area contributed by atoms with Gasteiger partial charge in [0.15, 0.2) is 0 Å². The van der Waals surface area contributed by atoms with Gasteiger partial charge in [0.2, 0.25) is 0 Å². The van der Waals surface area contributed by atoms with E-state index in [0.29, 0.717) is 6.04 Å². The zero-order chi connectivity index (χ0) is 13.0. The molecular formula is C15H24N2O. The Bertz CT molecular complexity index is 373. The number of hydrogen-bond acceptors (Lipinski definition) is 3. The number of hydrogen-bond donors (Lipinski definition) is 0. The van der Waals surface area contributed by atoms with Crippen molar-refractivity contribution < 1.29 is 4.74 Å². The summed E-state index contributed by atoms with van der Waals surface area (Å²) < 4.78 is 5.44. The van der Waals surface area contributed by atoms with Crippen LogP contribution in [0.2, 0.25) is 0 Å². The number of nitrogens with zero attached hydrogens (tertiary/aromatic N) is 2. The summed E-state index contributed by atoms with van der Waals surface area (Å²) in [5.41, 5.74) is 1.23. The number of para-hydroxylation sites is 2. The molecule has 1 fully saturated rings. The number of ether oxygens (including phenoxy) is 1. The minimum atomic E-state index is 0.699. The summed E-state index contributed by atoms with van der Waals surface area (Å²) in [6.45, 7) is 9.05. The molecule has 2 rings (SSSR count). The molecule has 3 nitrogen and oxygen atoms in total. The SMILES string of the molecule is CCC(C)N1CCN(c2ccccc2OC)CC1. The fourth-order valence-corrected chi connectivity index (χ4v) is 2.55. The third-order valence-corrected chi connectivity index (χ3v) is 3.95. The molecule has 0 N–H and O–H groups in total. The number of rotatable bonds is 4. The molecular weight excluding hydrogens is 224 g/mol. The van der Waals surface area contributed by atoms with Gasteiger partial charge in [-0.1, -0.05) is 19.1 Å². The van der Waals surface area contributed by atoms with Crippen molar-refractivity contribution >= 4 is 5.69 Å².